The number of hydrogen-bond donors (Lipinski definition) is 1. The van der Waals surface area contributed by atoms with Gasteiger partial charge in [-0.2, -0.15) is 0 Å². The van der Waals surface area contributed by atoms with Crippen LogP contribution in [0.1, 0.15) is 18.4 Å². The summed E-state index contributed by atoms with van der Waals surface area (Å²) in [6, 6.07) is 12.1. The first-order valence-corrected chi connectivity index (χ1v) is 9.38. The van der Waals surface area contributed by atoms with Gasteiger partial charge < -0.3 is 10.2 Å². The smallest absolute Gasteiger partial charge is 0.223 e. The van der Waals surface area contributed by atoms with E-state index in [2.05, 4.69) is 27.3 Å². The molecule has 1 aliphatic rings. The number of thiazole rings is 1. The average molecular weight is 352 g/mol. The molecule has 3 heterocycles. The number of piperidine rings is 1. The minimum absolute atomic E-state index is 0.0902. The van der Waals surface area contributed by atoms with Gasteiger partial charge in [0.2, 0.25) is 5.91 Å². The second-order valence-corrected chi connectivity index (χ2v) is 7.31. The number of nitrogens with one attached hydrogen (secondary N) is 1. The summed E-state index contributed by atoms with van der Waals surface area (Å²) in [6.45, 7) is 2.33. The van der Waals surface area contributed by atoms with Gasteiger partial charge in [0.05, 0.1) is 10.2 Å². The predicted octanol–water partition coefficient (Wildman–Crippen LogP) is 3.22. The van der Waals surface area contributed by atoms with Gasteiger partial charge in [-0.1, -0.05) is 23.5 Å². The highest BCUT2D eigenvalue weighted by Crippen LogP contribution is 2.31. The van der Waals surface area contributed by atoms with Gasteiger partial charge in [0.1, 0.15) is 0 Å². The van der Waals surface area contributed by atoms with Crippen molar-refractivity contribution in [3.8, 4) is 0 Å². The number of carbonyl (C=O) groups excluding carboxylic acids is 1. The zero-order chi connectivity index (χ0) is 17.1. The Balaban J connectivity index is 1.32. The lowest BCUT2D eigenvalue weighted by atomic mass is 9.96. The van der Waals surface area contributed by atoms with Gasteiger partial charge in [-0.3, -0.25) is 9.78 Å². The molecule has 4 rings (SSSR count). The van der Waals surface area contributed by atoms with Crippen molar-refractivity contribution in [3.05, 3.63) is 54.4 Å². The third-order valence-electron chi connectivity index (χ3n) is 4.63. The molecule has 6 heteroatoms. The fraction of sp³-hybridized carbons (Fsp3) is 0.316. The van der Waals surface area contributed by atoms with Gasteiger partial charge in [0.25, 0.3) is 0 Å². The summed E-state index contributed by atoms with van der Waals surface area (Å²) in [7, 11) is 0. The fourth-order valence-electron chi connectivity index (χ4n) is 3.16. The standard InChI is InChI=1S/C19H20N4OS/c24-18(21-13-14-5-9-20-10-6-14)15-7-11-23(12-8-15)19-22-16-3-1-2-4-17(16)25-19/h1-6,9-10,15H,7-8,11-13H2,(H,21,24). The number of nitrogens with zero attached hydrogens (tertiary/aromatic N) is 3. The molecule has 0 aliphatic carbocycles. The Morgan fingerprint density at radius 1 is 1.16 bits per heavy atom. The van der Waals surface area contributed by atoms with Crippen molar-refractivity contribution in [1.29, 1.82) is 0 Å². The van der Waals surface area contributed by atoms with Crippen LogP contribution in [-0.2, 0) is 11.3 Å². The number of hydrogen-bond acceptors (Lipinski definition) is 5. The Hall–Kier alpha value is -2.47. The second-order valence-electron chi connectivity index (χ2n) is 6.30. The highest BCUT2D eigenvalue weighted by atomic mass is 32.1. The predicted molar refractivity (Wildman–Crippen MR) is 101 cm³/mol. The van der Waals surface area contributed by atoms with Crippen molar-refractivity contribution in [2.45, 2.75) is 19.4 Å². The van der Waals surface area contributed by atoms with Crippen LogP contribution < -0.4 is 10.2 Å². The summed E-state index contributed by atoms with van der Waals surface area (Å²) in [5, 5.41) is 4.11. The Bertz CT molecular complexity index is 823. The van der Waals surface area contributed by atoms with E-state index >= 15 is 0 Å². The molecule has 0 radical (unpaired) electrons. The number of anilines is 1. The number of carbonyl (C=O) groups is 1. The molecule has 0 atom stereocenters. The van der Waals surface area contributed by atoms with E-state index in [0.29, 0.717) is 6.54 Å². The maximum Gasteiger partial charge on any atom is 0.223 e. The van der Waals surface area contributed by atoms with Crippen LogP contribution in [0.5, 0.6) is 0 Å². The molecule has 3 aromatic rings. The van der Waals surface area contributed by atoms with Gasteiger partial charge in [0.15, 0.2) is 5.13 Å². The van der Waals surface area contributed by atoms with Crippen LogP contribution >= 0.6 is 11.3 Å². The SMILES string of the molecule is O=C(NCc1ccncc1)C1CCN(c2nc3ccccc3s2)CC1. The van der Waals surface area contributed by atoms with Crippen LogP contribution in [-0.4, -0.2) is 29.0 Å². The van der Waals surface area contributed by atoms with Crippen molar-refractivity contribution < 1.29 is 4.79 Å². The lowest BCUT2D eigenvalue weighted by molar-refractivity contribution is -0.125. The van der Waals surface area contributed by atoms with Gasteiger partial charge in [-0.15, -0.1) is 0 Å². The fourth-order valence-corrected chi connectivity index (χ4v) is 4.18. The molecular formula is C19H20N4OS. The molecule has 0 bridgehead atoms. The molecule has 2 aromatic heterocycles. The van der Waals surface area contributed by atoms with E-state index in [1.54, 1.807) is 23.7 Å². The van der Waals surface area contributed by atoms with E-state index in [1.165, 1.54) is 4.70 Å². The zero-order valence-electron chi connectivity index (χ0n) is 13.9. The Morgan fingerprint density at radius 3 is 2.68 bits per heavy atom. The first kappa shape index (κ1) is 16.0. The normalized spacial score (nSPS) is 15.4. The summed E-state index contributed by atoms with van der Waals surface area (Å²) in [6.07, 6.45) is 5.24. The summed E-state index contributed by atoms with van der Waals surface area (Å²) < 4.78 is 1.22. The average Bonchev–Trinajstić information content (AvgIpc) is 3.11. The molecule has 1 saturated heterocycles. The largest absolute Gasteiger partial charge is 0.352 e. The van der Waals surface area contributed by atoms with Crippen molar-refractivity contribution in [2.75, 3.05) is 18.0 Å². The van der Waals surface area contributed by atoms with E-state index in [4.69, 9.17) is 4.98 Å². The van der Waals surface area contributed by atoms with E-state index < -0.39 is 0 Å². The van der Waals surface area contributed by atoms with Crippen LogP contribution in [0.3, 0.4) is 0 Å². The molecule has 1 fully saturated rings. The number of para-hydroxylation sites is 1. The van der Waals surface area contributed by atoms with E-state index in [9.17, 15) is 4.79 Å². The monoisotopic (exact) mass is 352 g/mol. The summed E-state index contributed by atoms with van der Waals surface area (Å²) in [5.41, 5.74) is 2.13. The van der Waals surface area contributed by atoms with Crippen molar-refractivity contribution in [2.24, 2.45) is 5.92 Å². The second kappa shape index (κ2) is 7.19. The molecular weight excluding hydrogens is 332 g/mol. The van der Waals surface area contributed by atoms with Gasteiger partial charge in [-0.25, -0.2) is 4.98 Å². The number of rotatable bonds is 4. The zero-order valence-corrected chi connectivity index (χ0v) is 14.7. The number of amides is 1. The summed E-state index contributed by atoms with van der Waals surface area (Å²) in [4.78, 5) is 23.4. The minimum atomic E-state index is 0.0902. The number of benzene rings is 1. The molecule has 25 heavy (non-hydrogen) atoms. The quantitative estimate of drug-likeness (QED) is 0.783. The topological polar surface area (TPSA) is 58.1 Å². The number of aromatic nitrogens is 2. The first-order valence-electron chi connectivity index (χ1n) is 8.57. The van der Waals surface area contributed by atoms with Gasteiger partial charge >= 0.3 is 0 Å². The van der Waals surface area contributed by atoms with Crippen LogP contribution in [0.4, 0.5) is 5.13 Å². The third kappa shape index (κ3) is 3.64. The van der Waals surface area contributed by atoms with E-state index in [-0.39, 0.29) is 11.8 Å². The molecule has 5 nitrogen and oxygen atoms in total. The molecule has 128 valence electrons. The number of fused-ring (bicyclic) bond motifs is 1. The molecule has 1 N–H and O–H groups in total. The lowest BCUT2D eigenvalue weighted by Gasteiger charge is -2.31. The third-order valence-corrected chi connectivity index (χ3v) is 5.73. The van der Waals surface area contributed by atoms with E-state index in [0.717, 1.165) is 42.1 Å². The molecule has 1 aliphatic heterocycles. The Morgan fingerprint density at radius 2 is 1.92 bits per heavy atom. The highest BCUT2D eigenvalue weighted by Gasteiger charge is 2.26. The molecule has 0 saturated carbocycles. The van der Waals surface area contributed by atoms with Crippen LogP contribution in [0.15, 0.2) is 48.8 Å². The molecule has 1 amide bonds. The van der Waals surface area contributed by atoms with Crippen molar-refractivity contribution in [3.63, 3.8) is 0 Å². The molecule has 0 spiro atoms. The van der Waals surface area contributed by atoms with Crippen molar-refractivity contribution in [1.82, 2.24) is 15.3 Å². The van der Waals surface area contributed by atoms with Gasteiger partial charge in [-0.05, 0) is 42.7 Å². The van der Waals surface area contributed by atoms with E-state index in [1.807, 2.05) is 24.3 Å². The molecule has 0 unspecified atom stereocenters. The van der Waals surface area contributed by atoms with Crippen LogP contribution in [0, 0.1) is 5.92 Å². The lowest BCUT2D eigenvalue weighted by Crippen LogP contribution is -2.40. The van der Waals surface area contributed by atoms with Gasteiger partial charge in [0, 0.05) is 37.9 Å². The minimum Gasteiger partial charge on any atom is -0.352 e. The summed E-state index contributed by atoms with van der Waals surface area (Å²) >= 11 is 1.73. The molecule has 1 aromatic carbocycles. The Kier molecular flexibility index (Phi) is 4.61. The highest BCUT2D eigenvalue weighted by molar-refractivity contribution is 7.22. The first-order chi connectivity index (χ1) is 12.3. The maximum absolute atomic E-state index is 12.4. The van der Waals surface area contributed by atoms with Crippen LogP contribution in [0.25, 0.3) is 10.2 Å². The maximum atomic E-state index is 12.4. The summed E-state index contributed by atoms with van der Waals surface area (Å²) in [5.74, 6) is 0.244. The Labute approximate surface area is 150 Å². The number of pyridine rings is 1. The van der Waals surface area contributed by atoms with Crippen molar-refractivity contribution >= 4 is 32.6 Å². The van der Waals surface area contributed by atoms with Crippen LogP contribution in [0.2, 0.25) is 0 Å².